The van der Waals surface area contributed by atoms with Gasteiger partial charge in [-0.3, -0.25) is 9.59 Å². The molecule has 0 aromatic carbocycles. The highest BCUT2D eigenvalue weighted by molar-refractivity contribution is 6.14. The first-order valence-corrected chi connectivity index (χ1v) is 4.76. The van der Waals surface area contributed by atoms with Gasteiger partial charge in [0.1, 0.15) is 0 Å². The van der Waals surface area contributed by atoms with Gasteiger partial charge in [0.15, 0.2) is 11.6 Å². The second-order valence-electron chi connectivity index (χ2n) is 3.24. The van der Waals surface area contributed by atoms with Gasteiger partial charge in [-0.25, -0.2) is 0 Å². The summed E-state index contributed by atoms with van der Waals surface area (Å²) in [5.41, 5.74) is 5.40. The third kappa shape index (κ3) is 7.43. The smallest absolute Gasteiger partial charge is 0.178 e. The zero-order chi connectivity index (χ0) is 11.0. The Morgan fingerprint density at radius 2 is 1.50 bits per heavy atom. The van der Waals surface area contributed by atoms with Crippen LogP contribution in [0.4, 0.5) is 0 Å². The first kappa shape index (κ1) is 12.8. The van der Waals surface area contributed by atoms with Crippen molar-refractivity contribution in [3.63, 3.8) is 0 Å². The monoisotopic (exact) mass is 195 g/mol. The number of nitrogens with two attached hydrogens (primary N) is 1. The van der Waals surface area contributed by atoms with E-state index in [2.05, 4.69) is 6.92 Å². The predicted molar refractivity (Wildman–Crippen MR) is 56.9 cm³/mol. The lowest BCUT2D eigenvalue weighted by atomic mass is 10.2. The van der Waals surface area contributed by atoms with Gasteiger partial charge in [0.25, 0.3) is 0 Å². The maximum atomic E-state index is 10.3. The molecule has 0 aromatic rings. The van der Waals surface area contributed by atoms with Gasteiger partial charge in [-0.15, -0.1) is 0 Å². The molecule has 1 aliphatic carbocycles. The first-order valence-electron chi connectivity index (χ1n) is 4.76. The normalized spacial score (nSPS) is 16.2. The molecule has 0 bridgehead atoms. The maximum Gasteiger partial charge on any atom is 0.178 e. The van der Waals surface area contributed by atoms with Gasteiger partial charge < -0.3 is 5.73 Å². The highest BCUT2D eigenvalue weighted by Gasteiger charge is 1.97. The number of hydrogen-bond donors (Lipinski definition) is 1. The fourth-order valence-corrected chi connectivity index (χ4v) is 0.895. The highest BCUT2D eigenvalue weighted by Crippen LogP contribution is 1.90. The summed E-state index contributed by atoms with van der Waals surface area (Å²) in [6.45, 7) is 4.17. The quantitative estimate of drug-likeness (QED) is 0.677. The average Bonchev–Trinajstić information content (AvgIpc) is 2.11. The molecule has 0 aliphatic heterocycles. The van der Waals surface area contributed by atoms with Crippen molar-refractivity contribution in [2.24, 2.45) is 5.73 Å². The van der Waals surface area contributed by atoms with E-state index < -0.39 is 0 Å². The Morgan fingerprint density at radius 3 is 1.64 bits per heavy atom. The van der Waals surface area contributed by atoms with E-state index in [1.165, 1.54) is 30.7 Å². The molecule has 0 spiro atoms. The SMILES string of the molecule is CCCC(C)N.O=C1C=CC(=O)C=C1. The van der Waals surface area contributed by atoms with Crippen LogP contribution in [-0.2, 0) is 9.59 Å². The molecule has 0 radical (unpaired) electrons. The molecule has 2 N–H and O–H groups in total. The highest BCUT2D eigenvalue weighted by atomic mass is 16.1. The van der Waals surface area contributed by atoms with Gasteiger partial charge in [0, 0.05) is 6.04 Å². The molecule has 0 aromatic heterocycles. The van der Waals surface area contributed by atoms with Crippen LogP contribution in [0.25, 0.3) is 0 Å². The number of hydrogen-bond acceptors (Lipinski definition) is 3. The number of rotatable bonds is 2. The van der Waals surface area contributed by atoms with Gasteiger partial charge in [0.2, 0.25) is 0 Å². The molecule has 3 nitrogen and oxygen atoms in total. The standard InChI is InChI=1S/C6H4O2.C5H13N/c7-5-1-2-6(8)4-3-5;1-3-4-5(2)6/h1-4H;5H,3-4,6H2,1-2H3. The van der Waals surface area contributed by atoms with Crippen LogP contribution in [-0.4, -0.2) is 17.6 Å². The fraction of sp³-hybridized carbons (Fsp3) is 0.455. The summed E-state index contributed by atoms with van der Waals surface area (Å²) in [6, 6.07) is 0.398. The summed E-state index contributed by atoms with van der Waals surface area (Å²) >= 11 is 0. The molecule has 78 valence electrons. The van der Waals surface area contributed by atoms with Gasteiger partial charge in [0.05, 0.1) is 0 Å². The minimum absolute atomic E-state index is 0.121. The molecule has 1 unspecified atom stereocenters. The summed E-state index contributed by atoms with van der Waals surface area (Å²) in [5, 5.41) is 0. The van der Waals surface area contributed by atoms with Gasteiger partial charge >= 0.3 is 0 Å². The van der Waals surface area contributed by atoms with Gasteiger partial charge in [-0.2, -0.15) is 0 Å². The van der Waals surface area contributed by atoms with E-state index in [-0.39, 0.29) is 11.6 Å². The Labute approximate surface area is 84.7 Å². The van der Waals surface area contributed by atoms with E-state index in [4.69, 9.17) is 5.73 Å². The second-order valence-corrected chi connectivity index (χ2v) is 3.24. The zero-order valence-electron chi connectivity index (χ0n) is 8.69. The largest absolute Gasteiger partial charge is 0.328 e. The molecule has 0 amide bonds. The van der Waals surface area contributed by atoms with Crippen LogP contribution >= 0.6 is 0 Å². The number of ketones is 2. The van der Waals surface area contributed by atoms with Crippen LogP contribution in [0.5, 0.6) is 0 Å². The Bertz CT molecular complexity index is 214. The second kappa shape index (κ2) is 7.21. The van der Waals surface area contributed by atoms with Crippen LogP contribution in [0, 0.1) is 0 Å². The summed E-state index contributed by atoms with van der Waals surface area (Å²) in [7, 11) is 0. The fourth-order valence-electron chi connectivity index (χ4n) is 0.895. The molecule has 0 fully saturated rings. The van der Waals surface area contributed by atoms with E-state index in [1.54, 1.807) is 0 Å². The third-order valence-corrected chi connectivity index (χ3v) is 1.57. The first-order chi connectivity index (χ1) is 6.56. The van der Waals surface area contributed by atoms with Crippen molar-refractivity contribution in [1.82, 2.24) is 0 Å². The molecule has 3 heteroatoms. The summed E-state index contributed by atoms with van der Waals surface area (Å²) in [4.78, 5) is 20.6. The van der Waals surface area contributed by atoms with Crippen LogP contribution in [0.2, 0.25) is 0 Å². The van der Waals surface area contributed by atoms with Crippen LogP contribution < -0.4 is 5.73 Å². The number of allylic oxidation sites excluding steroid dienone is 4. The minimum Gasteiger partial charge on any atom is -0.328 e. The summed E-state index contributed by atoms with van der Waals surface area (Å²) < 4.78 is 0. The predicted octanol–water partition coefficient (Wildman–Crippen LogP) is 1.38. The van der Waals surface area contributed by atoms with Crippen molar-refractivity contribution in [2.45, 2.75) is 32.7 Å². The van der Waals surface area contributed by atoms with Crippen LogP contribution in [0.1, 0.15) is 26.7 Å². The Hall–Kier alpha value is -1.22. The molecule has 0 saturated heterocycles. The summed E-state index contributed by atoms with van der Waals surface area (Å²) in [6.07, 6.45) is 7.37. The van der Waals surface area contributed by atoms with Gasteiger partial charge in [-0.1, -0.05) is 13.3 Å². The Balaban J connectivity index is 0.000000255. The van der Waals surface area contributed by atoms with Crippen molar-refractivity contribution >= 4 is 11.6 Å². The van der Waals surface area contributed by atoms with Crippen LogP contribution in [0.3, 0.4) is 0 Å². The topological polar surface area (TPSA) is 60.2 Å². The lowest BCUT2D eigenvalue weighted by Crippen LogP contribution is -2.13. The number of carbonyl (C=O) groups excluding carboxylic acids is 2. The molecule has 1 rings (SSSR count). The van der Waals surface area contributed by atoms with E-state index in [1.807, 2.05) is 6.92 Å². The van der Waals surface area contributed by atoms with Crippen molar-refractivity contribution < 1.29 is 9.59 Å². The van der Waals surface area contributed by atoms with Crippen molar-refractivity contribution in [3.05, 3.63) is 24.3 Å². The lowest BCUT2D eigenvalue weighted by molar-refractivity contribution is -0.113. The molecule has 0 saturated carbocycles. The molecular weight excluding hydrogens is 178 g/mol. The Morgan fingerprint density at radius 1 is 1.14 bits per heavy atom. The molecule has 0 heterocycles. The van der Waals surface area contributed by atoms with E-state index in [0.29, 0.717) is 6.04 Å². The van der Waals surface area contributed by atoms with E-state index in [9.17, 15) is 9.59 Å². The Kier molecular flexibility index (Phi) is 6.58. The number of carbonyl (C=O) groups is 2. The molecule has 14 heavy (non-hydrogen) atoms. The minimum atomic E-state index is -0.121. The van der Waals surface area contributed by atoms with Crippen molar-refractivity contribution in [1.29, 1.82) is 0 Å². The third-order valence-electron chi connectivity index (χ3n) is 1.57. The lowest BCUT2D eigenvalue weighted by Gasteiger charge is -1.96. The van der Waals surface area contributed by atoms with Crippen LogP contribution in [0.15, 0.2) is 24.3 Å². The van der Waals surface area contributed by atoms with E-state index >= 15 is 0 Å². The van der Waals surface area contributed by atoms with Crippen molar-refractivity contribution in [2.75, 3.05) is 0 Å². The molecular formula is C11H17NO2. The van der Waals surface area contributed by atoms with E-state index in [0.717, 1.165) is 6.42 Å². The van der Waals surface area contributed by atoms with Gasteiger partial charge in [-0.05, 0) is 37.6 Å². The molecule has 1 atom stereocenters. The summed E-state index contributed by atoms with van der Waals surface area (Å²) in [5.74, 6) is -0.241. The maximum absolute atomic E-state index is 10.3. The zero-order valence-corrected chi connectivity index (χ0v) is 8.69. The van der Waals surface area contributed by atoms with Crippen molar-refractivity contribution in [3.8, 4) is 0 Å². The average molecular weight is 195 g/mol. The molecule has 1 aliphatic rings.